The van der Waals surface area contributed by atoms with Crippen molar-refractivity contribution in [3.05, 3.63) is 41.6 Å². The summed E-state index contributed by atoms with van der Waals surface area (Å²) in [6, 6.07) is 8.21. The van der Waals surface area contributed by atoms with Gasteiger partial charge >= 0.3 is 0 Å². The molecule has 3 atom stereocenters. The molecule has 2 aliphatic rings. The van der Waals surface area contributed by atoms with Gasteiger partial charge in [-0.05, 0) is 43.9 Å². The van der Waals surface area contributed by atoms with Crippen molar-refractivity contribution < 1.29 is 18.0 Å². The van der Waals surface area contributed by atoms with E-state index in [-0.39, 0.29) is 35.3 Å². The van der Waals surface area contributed by atoms with E-state index >= 15 is 0 Å². The average molecular weight is 417 g/mol. The third-order valence-electron chi connectivity index (χ3n) is 5.49. The summed E-state index contributed by atoms with van der Waals surface area (Å²) >= 11 is 0. The van der Waals surface area contributed by atoms with Crippen molar-refractivity contribution in [2.45, 2.75) is 32.7 Å². The number of nitrogens with zero attached hydrogens (tertiary/aromatic N) is 2. The Hall–Kier alpha value is -2.68. The molecule has 2 heterocycles. The molecule has 29 heavy (non-hydrogen) atoms. The standard InChI is InChI=1S/C20H24N4O4S/c1-12-8-17(12)20(26)21-15-5-3-4-14(10-15)19(25)22-18-9-13(2)23-24(18)16-6-7-29(27,28)11-16/h3-5,9-10,12,16-17H,6-8,11H2,1-2H3,(H,21,26)(H,22,25). The van der Waals surface area contributed by atoms with E-state index in [1.54, 1.807) is 41.9 Å². The van der Waals surface area contributed by atoms with E-state index in [2.05, 4.69) is 15.7 Å². The van der Waals surface area contributed by atoms with Gasteiger partial charge in [0.2, 0.25) is 5.91 Å². The van der Waals surface area contributed by atoms with E-state index in [1.807, 2.05) is 6.92 Å². The zero-order valence-corrected chi connectivity index (χ0v) is 17.2. The summed E-state index contributed by atoms with van der Waals surface area (Å²) in [7, 11) is -3.07. The number of rotatable bonds is 5. The van der Waals surface area contributed by atoms with E-state index in [0.717, 1.165) is 6.42 Å². The number of hydrogen-bond acceptors (Lipinski definition) is 5. The van der Waals surface area contributed by atoms with Crippen LogP contribution in [-0.4, -0.2) is 41.5 Å². The highest BCUT2D eigenvalue weighted by Crippen LogP contribution is 2.38. The first-order valence-corrected chi connectivity index (χ1v) is 11.5. The number of hydrogen-bond donors (Lipinski definition) is 2. The second-order valence-electron chi connectivity index (χ2n) is 8.02. The fourth-order valence-electron chi connectivity index (χ4n) is 3.71. The van der Waals surface area contributed by atoms with Crippen LogP contribution in [-0.2, 0) is 14.6 Å². The molecule has 8 nitrogen and oxygen atoms in total. The smallest absolute Gasteiger partial charge is 0.256 e. The summed E-state index contributed by atoms with van der Waals surface area (Å²) in [6.45, 7) is 3.83. The number of nitrogens with one attached hydrogen (secondary N) is 2. The zero-order chi connectivity index (χ0) is 20.8. The van der Waals surface area contributed by atoms with Crippen LogP contribution in [0.4, 0.5) is 11.5 Å². The maximum Gasteiger partial charge on any atom is 0.256 e. The largest absolute Gasteiger partial charge is 0.326 e. The molecule has 2 aromatic rings. The van der Waals surface area contributed by atoms with Crippen LogP contribution in [0.2, 0.25) is 0 Å². The highest BCUT2D eigenvalue weighted by molar-refractivity contribution is 7.91. The molecule has 4 rings (SSSR count). The Kier molecular flexibility index (Phi) is 4.94. The van der Waals surface area contributed by atoms with Gasteiger partial charge in [-0.3, -0.25) is 9.59 Å². The molecule has 1 aliphatic carbocycles. The first-order chi connectivity index (χ1) is 13.7. The maximum atomic E-state index is 12.8. The summed E-state index contributed by atoms with van der Waals surface area (Å²) in [4.78, 5) is 24.9. The van der Waals surface area contributed by atoms with Crippen LogP contribution >= 0.6 is 0 Å². The lowest BCUT2D eigenvalue weighted by molar-refractivity contribution is -0.117. The Morgan fingerprint density at radius 2 is 1.97 bits per heavy atom. The highest BCUT2D eigenvalue weighted by atomic mass is 32.2. The molecule has 2 fully saturated rings. The van der Waals surface area contributed by atoms with Crippen LogP contribution in [0.5, 0.6) is 0 Å². The van der Waals surface area contributed by atoms with Gasteiger partial charge in [0.15, 0.2) is 9.84 Å². The van der Waals surface area contributed by atoms with E-state index in [1.165, 1.54) is 0 Å². The van der Waals surface area contributed by atoms with Gasteiger partial charge in [-0.25, -0.2) is 13.1 Å². The number of carbonyl (C=O) groups is 2. The van der Waals surface area contributed by atoms with Gasteiger partial charge in [-0.2, -0.15) is 5.10 Å². The molecule has 1 saturated heterocycles. The summed E-state index contributed by atoms with van der Waals surface area (Å²) in [5, 5.41) is 10.1. The Morgan fingerprint density at radius 1 is 1.21 bits per heavy atom. The van der Waals surface area contributed by atoms with E-state index in [0.29, 0.717) is 35.1 Å². The minimum absolute atomic E-state index is 0.0220. The molecule has 3 unspecified atom stereocenters. The monoisotopic (exact) mass is 416 g/mol. The Labute approximate surface area is 169 Å². The fourth-order valence-corrected chi connectivity index (χ4v) is 5.40. The molecule has 9 heteroatoms. The topological polar surface area (TPSA) is 110 Å². The Morgan fingerprint density at radius 3 is 2.62 bits per heavy atom. The molecule has 0 bridgehead atoms. The van der Waals surface area contributed by atoms with Crippen molar-refractivity contribution in [2.75, 3.05) is 22.1 Å². The van der Waals surface area contributed by atoms with E-state index in [4.69, 9.17) is 0 Å². The molecule has 1 aromatic carbocycles. The number of aryl methyl sites for hydroxylation is 1. The molecular formula is C20H24N4O4S. The molecule has 0 spiro atoms. The van der Waals surface area contributed by atoms with Crippen LogP contribution in [0.15, 0.2) is 30.3 Å². The van der Waals surface area contributed by atoms with Crippen molar-refractivity contribution in [3.8, 4) is 0 Å². The van der Waals surface area contributed by atoms with Crippen LogP contribution in [0.25, 0.3) is 0 Å². The van der Waals surface area contributed by atoms with Crippen LogP contribution in [0, 0.1) is 18.8 Å². The zero-order valence-electron chi connectivity index (χ0n) is 16.4. The number of benzene rings is 1. The fraction of sp³-hybridized carbons (Fsp3) is 0.450. The Balaban J connectivity index is 1.49. The number of anilines is 2. The number of aromatic nitrogens is 2. The lowest BCUT2D eigenvalue weighted by atomic mass is 10.2. The molecule has 2 amide bonds. The number of amides is 2. The minimum atomic E-state index is -3.07. The van der Waals surface area contributed by atoms with Crippen LogP contribution < -0.4 is 10.6 Å². The van der Waals surface area contributed by atoms with Gasteiger partial charge in [-0.15, -0.1) is 0 Å². The second kappa shape index (κ2) is 7.29. The predicted molar refractivity (Wildman–Crippen MR) is 110 cm³/mol. The van der Waals surface area contributed by atoms with Crippen molar-refractivity contribution in [1.29, 1.82) is 0 Å². The average Bonchev–Trinajstić information content (AvgIpc) is 3.12. The third kappa shape index (κ3) is 4.34. The van der Waals surface area contributed by atoms with Crippen LogP contribution in [0.1, 0.15) is 41.9 Å². The summed E-state index contributed by atoms with van der Waals surface area (Å²) in [5.41, 5.74) is 1.67. The lowest BCUT2D eigenvalue weighted by Gasteiger charge is -2.14. The van der Waals surface area contributed by atoms with E-state index in [9.17, 15) is 18.0 Å². The molecule has 0 radical (unpaired) electrons. The van der Waals surface area contributed by atoms with Gasteiger partial charge in [0.1, 0.15) is 5.82 Å². The summed E-state index contributed by atoms with van der Waals surface area (Å²) in [6.07, 6.45) is 1.37. The SMILES string of the molecule is Cc1cc(NC(=O)c2cccc(NC(=O)C3CC3C)c2)n(C2CCS(=O)(=O)C2)n1. The van der Waals surface area contributed by atoms with Gasteiger partial charge in [0.05, 0.1) is 23.2 Å². The summed E-state index contributed by atoms with van der Waals surface area (Å²) < 4.78 is 25.2. The van der Waals surface area contributed by atoms with Crippen molar-refractivity contribution in [2.24, 2.45) is 11.8 Å². The van der Waals surface area contributed by atoms with E-state index < -0.39 is 9.84 Å². The normalized spacial score (nSPS) is 24.8. The van der Waals surface area contributed by atoms with Crippen molar-refractivity contribution in [1.82, 2.24) is 9.78 Å². The second-order valence-corrected chi connectivity index (χ2v) is 10.2. The molecular weight excluding hydrogens is 392 g/mol. The van der Waals surface area contributed by atoms with Gasteiger partial charge < -0.3 is 10.6 Å². The Bertz CT molecular complexity index is 1080. The third-order valence-corrected chi connectivity index (χ3v) is 7.24. The molecule has 1 saturated carbocycles. The quantitative estimate of drug-likeness (QED) is 0.778. The predicted octanol–water partition coefficient (Wildman–Crippen LogP) is 2.40. The minimum Gasteiger partial charge on any atom is -0.326 e. The van der Waals surface area contributed by atoms with Crippen molar-refractivity contribution in [3.63, 3.8) is 0 Å². The maximum absolute atomic E-state index is 12.8. The molecule has 2 N–H and O–H groups in total. The van der Waals surface area contributed by atoms with Crippen LogP contribution in [0.3, 0.4) is 0 Å². The molecule has 1 aromatic heterocycles. The highest BCUT2D eigenvalue weighted by Gasteiger charge is 2.39. The number of carbonyl (C=O) groups excluding carboxylic acids is 2. The summed E-state index contributed by atoms with van der Waals surface area (Å²) in [5.74, 6) is 0.713. The van der Waals surface area contributed by atoms with Gasteiger partial charge in [0, 0.05) is 23.2 Å². The number of sulfone groups is 1. The first-order valence-electron chi connectivity index (χ1n) is 9.71. The molecule has 1 aliphatic heterocycles. The lowest BCUT2D eigenvalue weighted by Crippen LogP contribution is -2.20. The first kappa shape index (κ1) is 19.6. The van der Waals surface area contributed by atoms with Gasteiger partial charge in [0.25, 0.3) is 5.91 Å². The van der Waals surface area contributed by atoms with Crippen molar-refractivity contribution >= 4 is 33.2 Å². The molecule has 154 valence electrons. The van der Waals surface area contributed by atoms with Gasteiger partial charge in [-0.1, -0.05) is 13.0 Å².